The zero-order valence-electron chi connectivity index (χ0n) is 6.75. The summed E-state index contributed by atoms with van der Waals surface area (Å²) in [4.78, 5) is 0.405. The Kier molecular flexibility index (Phi) is 2.17. The van der Waals surface area contributed by atoms with Crippen molar-refractivity contribution >= 4 is 26.0 Å². The maximum absolute atomic E-state index is 11.5. The van der Waals surface area contributed by atoms with Gasteiger partial charge in [0, 0.05) is 11.0 Å². The standard InChI is InChI=1S/C8H8BrNO2S/c9-7-1-2-8-6(5-7)3-4-10-13(8,11)12/h1-2,5,10H,3-4H2. The fourth-order valence-corrected chi connectivity index (χ4v) is 3.09. The average molecular weight is 262 g/mol. The van der Waals surface area contributed by atoms with Gasteiger partial charge in [0.2, 0.25) is 10.0 Å². The van der Waals surface area contributed by atoms with E-state index >= 15 is 0 Å². The molecule has 0 bridgehead atoms. The van der Waals surface area contributed by atoms with Crippen LogP contribution in [0.4, 0.5) is 0 Å². The summed E-state index contributed by atoms with van der Waals surface area (Å²) in [5.74, 6) is 0. The van der Waals surface area contributed by atoms with Gasteiger partial charge in [-0.1, -0.05) is 15.9 Å². The van der Waals surface area contributed by atoms with E-state index in [-0.39, 0.29) is 0 Å². The van der Waals surface area contributed by atoms with Crippen molar-refractivity contribution in [1.29, 1.82) is 0 Å². The molecule has 1 N–H and O–H groups in total. The Labute approximate surface area is 85.3 Å². The highest BCUT2D eigenvalue weighted by Crippen LogP contribution is 2.23. The first kappa shape index (κ1) is 9.18. The maximum Gasteiger partial charge on any atom is 0.240 e. The SMILES string of the molecule is O=S1(=O)NCCc2cc(Br)ccc21. The molecule has 0 aromatic heterocycles. The van der Waals surface area contributed by atoms with E-state index < -0.39 is 10.0 Å². The van der Waals surface area contributed by atoms with E-state index in [1.165, 1.54) is 0 Å². The summed E-state index contributed by atoms with van der Waals surface area (Å²) in [6, 6.07) is 5.22. The minimum Gasteiger partial charge on any atom is -0.211 e. The molecule has 1 heterocycles. The molecule has 0 saturated carbocycles. The maximum atomic E-state index is 11.5. The highest BCUT2D eigenvalue weighted by Gasteiger charge is 2.22. The van der Waals surface area contributed by atoms with E-state index in [9.17, 15) is 8.42 Å². The first-order valence-electron chi connectivity index (χ1n) is 3.88. The second-order valence-electron chi connectivity index (χ2n) is 2.90. The molecule has 13 heavy (non-hydrogen) atoms. The van der Waals surface area contributed by atoms with Crippen molar-refractivity contribution in [3.63, 3.8) is 0 Å². The predicted molar refractivity (Wildman–Crippen MR) is 53.0 cm³/mol. The Morgan fingerprint density at radius 1 is 1.38 bits per heavy atom. The minimum absolute atomic E-state index is 0.405. The lowest BCUT2D eigenvalue weighted by molar-refractivity contribution is 0.573. The summed E-state index contributed by atoms with van der Waals surface area (Å²) in [6.45, 7) is 0.492. The molecular formula is C8H8BrNO2S. The smallest absolute Gasteiger partial charge is 0.211 e. The van der Waals surface area contributed by atoms with Gasteiger partial charge in [0.15, 0.2) is 0 Å². The van der Waals surface area contributed by atoms with Gasteiger partial charge in [-0.15, -0.1) is 0 Å². The quantitative estimate of drug-likeness (QED) is 0.765. The van der Waals surface area contributed by atoms with Gasteiger partial charge in [-0.05, 0) is 30.2 Å². The third-order valence-electron chi connectivity index (χ3n) is 2.00. The molecule has 0 aliphatic carbocycles. The third-order valence-corrected chi connectivity index (χ3v) is 4.05. The van der Waals surface area contributed by atoms with E-state index in [0.717, 1.165) is 16.5 Å². The lowest BCUT2D eigenvalue weighted by Crippen LogP contribution is -2.31. The molecule has 1 aromatic rings. The molecule has 1 aromatic carbocycles. The first-order chi connectivity index (χ1) is 6.09. The van der Waals surface area contributed by atoms with E-state index in [2.05, 4.69) is 20.7 Å². The predicted octanol–water partition coefficient (Wildman–Crippen LogP) is 1.28. The Bertz CT molecular complexity index is 441. The van der Waals surface area contributed by atoms with E-state index in [4.69, 9.17) is 0 Å². The zero-order valence-corrected chi connectivity index (χ0v) is 9.15. The van der Waals surface area contributed by atoms with E-state index in [1.54, 1.807) is 12.1 Å². The van der Waals surface area contributed by atoms with Crippen LogP contribution in [0.1, 0.15) is 5.56 Å². The number of fused-ring (bicyclic) bond motifs is 1. The summed E-state index contributed by atoms with van der Waals surface area (Å²) >= 11 is 3.31. The molecule has 1 aliphatic heterocycles. The Hall–Kier alpha value is -0.390. The van der Waals surface area contributed by atoms with Crippen LogP contribution < -0.4 is 4.72 Å². The normalized spacial score (nSPS) is 19.5. The number of nitrogens with one attached hydrogen (secondary N) is 1. The van der Waals surface area contributed by atoms with Gasteiger partial charge in [0.1, 0.15) is 0 Å². The van der Waals surface area contributed by atoms with Gasteiger partial charge in [-0.25, -0.2) is 13.1 Å². The second kappa shape index (κ2) is 3.08. The minimum atomic E-state index is -3.23. The van der Waals surface area contributed by atoms with Crippen LogP contribution in [0.5, 0.6) is 0 Å². The van der Waals surface area contributed by atoms with Crippen molar-refractivity contribution in [1.82, 2.24) is 4.72 Å². The monoisotopic (exact) mass is 261 g/mol. The van der Waals surface area contributed by atoms with Crippen LogP contribution in [0.15, 0.2) is 27.6 Å². The Morgan fingerprint density at radius 2 is 2.15 bits per heavy atom. The molecule has 70 valence electrons. The molecule has 0 radical (unpaired) electrons. The van der Waals surface area contributed by atoms with Crippen LogP contribution in [-0.2, 0) is 16.4 Å². The average Bonchev–Trinajstić information content (AvgIpc) is 2.02. The summed E-state index contributed by atoms with van der Waals surface area (Å²) < 4.78 is 26.3. The molecule has 0 amide bonds. The number of sulfonamides is 1. The van der Waals surface area contributed by atoms with Crippen LogP contribution >= 0.6 is 15.9 Å². The molecule has 2 rings (SSSR count). The molecule has 0 fully saturated rings. The highest BCUT2D eigenvalue weighted by atomic mass is 79.9. The molecule has 0 saturated heterocycles. The van der Waals surface area contributed by atoms with Gasteiger partial charge >= 0.3 is 0 Å². The fourth-order valence-electron chi connectivity index (χ4n) is 1.40. The highest BCUT2D eigenvalue weighted by molar-refractivity contribution is 9.10. The Morgan fingerprint density at radius 3 is 2.92 bits per heavy atom. The molecule has 0 spiro atoms. The van der Waals surface area contributed by atoms with E-state index in [0.29, 0.717) is 11.4 Å². The van der Waals surface area contributed by atoms with Gasteiger partial charge in [-0.3, -0.25) is 0 Å². The number of rotatable bonds is 0. The molecule has 5 heteroatoms. The van der Waals surface area contributed by atoms with Crippen molar-refractivity contribution in [3.8, 4) is 0 Å². The van der Waals surface area contributed by atoms with Crippen LogP contribution in [0.2, 0.25) is 0 Å². The molecule has 0 unspecified atom stereocenters. The third kappa shape index (κ3) is 1.63. The van der Waals surface area contributed by atoms with Crippen LogP contribution in [0, 0.1) is 0 Å². The topological polar surface area (TPSA) is 46.2 Å². The van der Waals surface area contributed by atoms with Crippen LogP contribution in [-0.4, -0.2) is 15.0 Å². The summed E-state index contributed by atoms with van der Waals surface area (Å²) in [6.07, 6.45) is 0.758. The first-order valence-corrected chi connectivity index (χ1v) is 6.15. The molecular weight excluding hydrogens is 254 g/mol. The number of benzene rings is 1. The Balaban J connectivity index is 2.66. The van der Waals surface area contributed by atoms with Crippen molar-refractivity contribution in [2.24, 2.45) is 0 Å². The molecule has 1 aliphatic rings. The van der Waals surface area contributed by atoms with Crippen molar-refractivity contribution in [2.45, 2.75) is 11.3 Å². The molecule has 0 atom stereocenters. The number of hydrogen-bond donors (Lipinski definition) is 1. The fraction of sp³-hybridized carbons (Fsp3) is 0.250. The second-order valence-corrected chi connectivity index (χ2v) is 5.55. The van der Waals surface area contributed by atoms with Crippen molar-refractivity contribution in [2.75, 3.05) is 6.54 Å². The number of halogens is 1. The summed E-state index contributed by atoms with van der Waals surface area (Å²) in [5.41, 5.74) is 0.883. The summed E-state index contributed by atoms with van der Waals surface area (Å²) in [5, 5.41) is 0. The van der Waals surface area contributed by atoms with Gasteiger partial charge < -0.3 is 0 Å². The largest absolute Gasteiger partial charge is 0.240 e. The van der Waals surface area contributed by atoms with Gasteiger partial charge in [0.05, 0.1) is 4.90 Å². The number of hydrogen-bond acceptors (Lipinski definition) is 2. The lowest BCUT2D eigenvalue weighted by Gasteiger charge is -2.16. The van der Waals surface area contributed by atoms with Crippen molar-refractivity contribution < 1.29 is 8.42 Å². The van der Waals surface area contributed by atoms with Gasteiger partial charge in [0.25, 0.3) is 0 Å². The van der Waals surface area contributed by atoms with E-state index in [1.807, 2.05) is 6.07 Å². The van der Waals surface area contributed by atoms with Crippen LogP contribution in [0.25, 0.3) is 0 Å². The lowest BCUT2D eigenvalue weighted by atomic mass is 10.1. The zero-order chi connectivity index (χ0) is 9.47. The van der Waals surface area contributed by atoms with Crippen molar-refractivity contribution in [3.05, 3.63) is 28.2 Å². The molecule has 3 nitrogen and oxygen atoms in total. The van der Waals surface area contributed by atoms with Crippen LogP contribution in [0.3, 0.4) is 0 Å². The van der Waals surface area contributed by atoms with Gasteiger partial charge in [-0.2, -0.15) is 0 Å². The summed E-state index contributed by atoms with van der Waals surface area (Å²) in [7, 11) is -3.23.